The Morgan fingerprint density at radius 2 is 1.76 bits per heavy atom. The highest BCUT2D eigenvalue weighted by atomic mass is 15.2. The van der Waals surface area contributed by atoms with Crippen molar-refractivity contribution in [2.75, 3.05) is 5.73 Å². The van der Waals surface area contributed by atoms with Crippen LogP contribution in [0.15, 0.2) is 23.3 Å². The molecule has 6 heteroatoms. The molecule has 0 fully saturated rings. The van der Waals surface area contributed by atoms with Gasteiger partial charge in [-0.1, -0.05) is 18.2 Å². The molecule has 17 heavy (non-hydrogen) atoms. The lowest BCUT2D eigenvalue weighted by atomic mass is 10.0. The average Bonchev–Trinajstić information content (AvgIpc) is 2.28. The molecule has 1 heterocycles. The molecular formula is C11H12N6. The number of benzene rings is 1. The molecule has 0 spiro atoms. The zero-order chi connectivity index (χ0) is 12.4. The van der Waals surface area contributed by atoms with E-state index in [0.717, 1.165) is 16.7 Å². The molecule has 0 aliphatic heterocycles. The molecule has 6 nitrogen and oxygen atoms in total. The maximum Gasteiger partial charge on any atom is 0.273 e. The van der Waals surface area contributed by atoms with E-state index in [-0.39, 0.29) is 11.9 Å². The number of nitrogens with two attached hydrogens (primary N) is 1. The minimum Gasteiger partial charge on any atom is -0.368 e. The first-order valence-corrected chi connectivity index (χ1v) is 5.07. The van der Waals surface area contributed by atoms with Crippen molar-refractivity contribution in [3.63, 3.8) is 0 Å². The van der Waals surface area contributed by atoms with Crippen molar-refractivity contribution in [1.29, 1.82) is 5.53 Å². The summed E-state index contributed by atoms with van der Waals surface area (Å²) in [6.07, 6.45) is 0. The fourth-order valence-electron chi connectivity index (χ4n) is 1.71. The van der Waals surface area contributed by atoms with Crippen LogP contribution in [0.5, 0.6) is 0 Å². The lowest BCUT2D eigenvalue weighted by Gasteiger charge is -2.08. The molecule has 86 valence electrons. The molecule has 0 bridgehead atoms. The molecular weight excluding hydrogens is 216 g/mol. The van der Waals surface area contributed by atoms with Crippen LogP contribution in [-0.4, -0.2) is 15.0 Å². The van der Waals surface area contributed by atoms with Gasteiger partial charge in [0.2, 0.25) is 5.95 Å². The summed E-state index contributed by atoms with van der Waals surface area (Å²) in [5, 5.41) is 3.18. The predicted octanol–water partition coefficient (Wildman–Crippen LogP) is 2.40. The summed E-state index contributed by atoms with van der Waals surface area (Å²) in [6, 6.07) is 5.91. The third kappa shape index (κ3) is 2.10. The minimum absolute atomic E-state index is 0.0233. The number of nitrogen functional groups attached to an aromatic ring is 1. The molecule has 0 saturated carbocycles. The van der Waals surface area contributed by atoms with Gasteiger partial charge < -0.3 is 5.73 Å². The summed E-state index contributed by atoms with van der Waals surface area (Å²) in [6.45, 7) is 3.94. The first kappa shape index (κ1) is 11.1. The maximum absolute atomic E-state index is 6.92. The third-order valence-electron chi connectivity index (χ3n) is 2.45. The van der Waals surface area contributed by atoms with Crippen LogP contribution < -0.4 is 5.73 Å². The van der Waals surface area contributed by atoms with E-state index in [9.17, 15) is 0 Å². The Morgan fingerprint density at radius 3 is 2.35 bits per heavy atom. The van der Waals surface area contributed by atoms with Gasteiger partial charge in [-0.05, 0) is 25.0 Å². The average molecular weight is 228 g/mol. The van der Waals surface area contributed by atoms with Crippen molar-refractivity contribution < 1.29 is 0 Å². The van der Waals surface area contributed by atoms with Crippen LogP contribution in [0.2, 0.25) is 0 Å². The number of nitrogens with zero attached hydrogens (tertiary/aromatic N) is 4. The van der Waals surface area contributed by atoms with E-state index in [1.54, 1.807) is 0 Å². The molecule has 0 amide bonds. The standard InChI is InChI=1S/C11H12N6/c1-6-4-3-5-7(2)8(6)9-14-10(12)16-11(15-9)17-13/h3-5,13H,1-2H3,(H2,12,14,15,16). The summed E-state index contributed by atoms with van der Waals surface area (Å²) in [7, 11) is 0. The van der Waals surface area contributed by atoms with E-state index in [4.69, 9.17) is 11.3 Å². The second-order valence-corrected chi connectivity index (χ2v) is 3.70. The number of hydrogen-bond acceptors (Lipinski definition) is 6. The number of rotatable bonds is 2. The Labute approximate surface area is 98.5 Å². The zero-order valence-corrected chi connectivity index (χ0v) is 9.60. The lowest BCUT2D eigenvalue weighted by Crippen LogP contribution is -2.01. The van der Waals surface area contributed by atoms with Gasteiger partial charge in [0.25, 0.3) is 5.95 Å². The minimum atomic E-state index is 0.0233. The first-order valence-electron chi connectivity index (χ1n) is 5.07. The molecule has 1 aromatic heterocycles. The van der Waals surface area contributed by atoms with Gasteiger partial charge in [-0.25, -0.2) is 5.53 Å². The molecule has 0 unspecified atom stereocenters. The smallest absolute Gasteiger partial charge is 0.273 e. The normalized spacial score (nSPS) is 10.2. The van der Waals surface area contributed by atoms with Crippen molar-refractivity contribution in [3.8, 4) is 11.4 Å². The van der Waals surface area contributed by atoms with Crippen LogP contribution in [0, 0.1) is 19.4 Å². The van der Waals surface area contributed by atoms with E-state index < -0.39 is 0 Å². The summed E-state index contributed by atoms with van der Waals surface area (Å²) < 4.78 is 0. The van der Waals surface area contributed by atoms with Gasteiger partial charge in [-0.15, -0.1) is 5.11 Å². The van der Waals surface area contributed by atoms with E-state index in [0.29, 0.717) is 5.82 Å². The highest BCUT2D eigenvalue weighted by Gasteiger charge is 2.11. The Balaban J connectivity index is 2.68. The zero-order valence-electron chi connectivity index (χ0n) is 9.60. The van der Waals surface area contributed by atoms with Gasteiger partial charge >= 0.3 is 0 Å². The number of nitrogens with one attached hydrogen (secondary N) is 1. The third-order valence-corrected chi connectivity index (χ3v) is 2.45. The quantitative estimate of drug-likeness (QED) is 0.770. The molecule has 0 atom stereocenters. The predicted molar refractivity (Wildman–Crippen MR) is 64.0 cm³/mol. The van der Waals surface area contributed by atoms with Gasteiger partial charge in [-0.3, -0.25) is 0 Å². The summed E-state index contributed by atoms with van der Waals surface area (Å²) in [5.41, 5.74) is 15.5. The van der Waals surface area contributed by atoms with Crippen LogP contribution >= 0.6 is 0 Å². The Morgan fingerprint density at radius 1 is 1.12 bits per heavy atom. The largest absolute Gasteiger partial charge is 0.368 e. The molecule has 2 rings (SSSR count). The van der Waals surface area contributed by atoms with Gasteiger partial charge in [0, 0.05) is 5.56 Å². The van der Waals surface area contributed by atoms with Crippen molar-refractivity contribution >= 4 is 11.9 Å². The van der Waals surface area contributed by atoms with Crippen LogP contribution in [0.1, 0.15) is 11.1 Å². The summed E-state index contributed by atoms with van der Waals surface area (Å²) in [4.78, 5) is 11.9. The van der Waals surface area contributed by atoms with Crippen molar-refractivity contribution in [1.82, 2.24) is 15.0 Å². The van der Waals surface area contributed by atoms with Gasteiger partial charge in [0.1, 0.15) is 0 Å². The number of aryl methyl sites for hydroxylation is 2. The molecule has 1 aromatic carbocycles. The molecule has 0 aliphatic rings. The molecule has 0 aliphatic carbocycles. The van der Waals surface area contributed by atoms with Crippen LogP contribution in [0.25, 0.3) is 11.4 Å². The monoisotopic (exact) mass is 228 g/mol. The first-order chi connectivity index (χ1) is 8.11. The molecule has 2 aromatic rings. The van der Waals surface area contributed by atoms with Crippen LogP contribution in [0.3, 0.4) is 0 Å². The fourth-order valence-corrected chi connectivity index (χ4v) is 1.71. The highest BCUT2D eigenvalue weighted by Crippen LogP contribution is 2.25. The maximum atomic E-state index is 6.92. The Bertz CT molecular complexity index is 558. The van der Waals surface area contributed by atoms with Gasteiger partial charge in [-0.2, -0.15) is 15.0 Å². The van der Waals surface area contributed by atoms with E-state index in [2.05, 4.69) is 20.1 Å². The Hall–Kier alpha value is -2.37. The number of anilines is 1. The number of aromatic nitrogens is 3. The summed E-state index contributed by atoms with van der Waals surface area (Å²) >= 11 is 0. The van der Waals surface area contributed by atoms with Crippen LogP contribution in [-0.2, 0) is 0 Å². The topological polar surface area (TPSA) is 101 Å². The Kier molecular flexibility index (Phi) is 2.78. The second-order valence-electron chi connectivity index (χ2n) is 3.70. The molecule has 0 saturated heterocycles. The van der Waals surface area contributed by atoms with Gasteiger partial charge in [0.05, 0.1) is 0 Å². The molecule has 0 radical (unpaired) electrons. The highest BCUT2D eigenvalue weighted by molar-refractivity contribution is 5.65. The number of hydrogen-bond donors (Lipinski definition) is 2. The SMILES string of the molecule is Cc1cccc(C)c1-c1nc(N)nc(N=N)n1. The van der Waals surface area contributed by atoms with Crippen LogP contribution in [0.4, 0.5) is 11.9 Å². The van der Waals surface area contributed by atoms with Gasteiger partial charge in [0.15, 0.2) is 5.82 Å². The molecule has 3 N–H and O–H groups in total. The van der Waals surface area contributed by atoms with Crippen molar-refractivity contribution in [3.05, 3.63) is 29.3 Å². The second kappa shape index (κ2) is 4.25. The van der Waals surface area contributed by atoms with E-state index in [1.165, 1.54) is 0 Å². The van der Waals surface area contributed by atoms with E-state index >= 15 is 0 Å². The van der Waals surface area contributed by atoms with Crippen molar-refractivity contribution in [2.45, 2.75) is 13.8 Å². The lowest BCUT2D eigenvalue weighted by molar-refractivity contribution is 0.988. The van der Waals surface area contributed by atoms with E-state index in [1.807, 2.05) is 32.0 Å². The fraction of sp³-hybridized carbons (Fsp3) is 0.182. The van der Waals surface area contributed by atoms with Crippen molar-refractivity contribution in [2.24, 2.45) is 5.11 Å². The summed E-state index contributed by atoms with van der Waals surface area (Å²) in [5.74, 6) is 0.554.